The lowest BCUT2D eigenvalue weighted by Crippen LogP contribution is -2.53. The van der Waals surface area contributed by atoms with Crippen molar-refractivity contribution in [3.63, 3.8) is 0 Å². The molecule has 1 spiro atoms. The predicted molar refractivity (Wildman–Crippen MR) is 95.5 cm³/mol. The van der Waals surface area contributed by atoms with Crippen LogP contribution in [0.4, 0.5) is 0 Å². The topological polar surface area (TPSA) is 61.8 Å². The minimum Gasteiger partial charge on any atom is -0.357 e. The number of guanidine groups is 1. The molecule has 5 nitrogen and oxygen atoms in total. The van der Waals surface area contributed by atoms with Crippen molar-refractivity contribution >= 4 is 27.6 Å². The van der Waals surface area contributed by atoms with Crippen LogP contribution in [0.2, 0.25) is 0 Å². The number of rotatable bonds is 4. The predicted octanol–water partition coefficient (Wildman–Crippen LogP) is 1.75. The van der Waals surface area contributed by atoms with Crippen molar-refractivity contribution in [3.8, 4) is 0 Å². The molecule has 7 heteroatoms. The van der Waals surface area contributed by atoms with Gasteiger partial charge in [0, 0.05) is 36.4 Å². The Bertz CT molecular complexity index is 480. The fourth-order valence-corrected chi connectivity index (χ4v) is 5.26. The molecule has 128 valence electrons. The van der Waals surface area contributed by atoms with E-state index in [1.165, 1.54) is 38.4 Å². The van der Waals surface area contributed by atoms with Crippen LogP contribution in [-0.4, -0.2) is 68.0 Å². The molecule has 0 atom stereocenters. The minimum atomic E-state index is -2.95. The molecule has 2 rings (SSSR count). The molecule has 1 saturated carbocycles. The zero-order chi connectivity index (χ0) is 16.1. The highest BCUT2D eigenvalue weighted by Crippen LogP contribution is 2.42. The molecule has 0 aromatic rings. The second-order valence-electron chi connectivity index (χ2n) is 6.38. The Hall–Kier alpha value is -0.430. The summed E-state index contributed by atoms with van der Waals surface area (Å²) in [7, 11) is -2.95. The second-order valence-corrected chi connectivity index (χ2v) is 10.2. The van der Waals surface area contributed by atoms with Crippen molar-refractivity contribution < 1.29 is 8.42 Å². The largest absolute Gasteiger partial charge is 0.357 e. The van der Waals surface area contributed by atoms with Gasteiger partial charge in [-0.05, 0) is 19.8 Å². The molecule has 1 heterocycles. The fourth-order valence-electron chi connectivity index (χ4n) is 3.27. The monoisotopic (exact) mass is 347 g/mol. The van der Waals surface area contributed by atoms with Crippen molar-refractivity contribution in [2.24, 2.45) is 4.99 Å². The maximum atomic E-state index is 11.3. The number of nitrogens with zero attached hydrogens (tertiary/aromatic N) is 2. The maximum absolute atomic E-state index is 11.3. The summed E-state index contributed by atoms with van der Waals surface area (Å²) in [6.07, 6.45) is 7.91. The quantitative estimate of drug-likeness (QED) is 0.620. The highest BCUT2D eigenvalue weighted by atomic mass is 32.2. The molecule has 0 aromatic carbocycles. The van der Waals surface area contributed by atoms with Gasteiger partial charge >= 0.3 is 0 Å². The van der Waals surface area contributed by atoms with Gasteiger partial charge in [0.05, 0.1) is 12.3 Å². The van der Waals surface area contributed by atoms with Crippen molar-refractivity contribution in [2.45, 2.75) is 43.8 Å². The summed E-state index contributed by atoms with van der Waals surface area (Å²) in [6.45, 7) is 5.26. The van der Waals surface area contributed by atoms with E-state index in [1.54, 1.807) is 0 Å². The minimum absolute atomic E-state index is 0.121. The number of hydrogen-bond donors (Lipinski definition) is 1. The summed E-state index contributed by atoms with van der Waals surface area (Å²) in [4.78, 5) is 6.88. The first kappa shape index (κ1) is 17.9. The number of hydrogen-bond acceptors (Lipinski definition) is 4. The Morgan fingerprint density at radius 3 is 2.68 bits per heavy atom. The van der Waals surface area contributed by atoms with Crippen molar-refractivity contribution in [3.05, 3.63) is 0 Å². The molecule has 0 unspecified atom stereocenters. The highest BCUT2D eigenvalue weighted by molar-refractivity contribution is 8.00. The van der Waals surface area contributed by atoms with Gasteiger partial charge in [-0.25, -0.2) is 8.42 Å². The average molecular weight is 348 g/mol. The van der Waals surface area contributed by atoms with Crippen LogP contribution in [0, 0.1) is 0 Å². The number of sulfone groups is 1. The van der Waals surface area contributed by atoms with Gasteiger partial charge in [0.25, 0.3) is 0 Å². The highest BCUT2D eigenvalue weighted by Gasteiger charge is 2.38. The van der Waals surface area contributed by atoms with E-state index in [2.05, 4.69) is 33.9 Å². The molecule has 0 bridgehead atoms. The SMILES string of the molecule is CCNC(=NCCS(C)(=O)=O)N1CCSC2(CCCCC2)C1. The zero-order valence-corrected chi connectivity index (χ0v) is 15.4. The number of thioether (sulfide) groups is 1. The summed E-state index contributed by atoms with van der Waals surface area (Å²) in [5.74, 6) is 2.14. The molecule has 1 aliphatic carbocycles. The fraction of sp³-hybridized carbons (Fsp3) is 0.933. The standard InChI is InChI=1S/C15H29N3O2S2/c1-3-16-14(17-9-12-22(2,19)20)18-10-11-21-15(13-18)7-5-4-6-8-15/h3-13H2,1-2H3,(H,16,17). The Labute approximate surface area is 139 Å². The van der Waals surface area contributed by atoms with E-state index in [-0.39, 0.29) is 5.75 Å². The molecular weight excluding hydrogens is 318 g/mol. The van der Waals surface area contributed by atoms with Gasteiger partial charge in [0.15, 0.2) is 5.96 Å². The van der Waals surface area contributed by atoms with Crippen molar-refractivity contribution in [1.29, 1.82) is 0 Å². The van der Waals surface area contributed by atoms with E-state index in [0.29, 0.717) is 11.3 Å². The van der Waals surface area contributed by atoms with E-state index in [4.69, 9.17) is 0 Å². The first-order valence-electron chi connectivity index (χ1n) is 8.29. The van der Waals surface area contributed by atoms with Crippen LogP contribution < -0.4 is 5.32 Å². The maximum Gasteiger partial charge on any atom is 0.194 e. The van der Waals surface area contributed by atoms with Crippen LogP contribution in [0.3, 0.4) is 0 Å². The molecule has 2 aliphatic rings. The van der Waals surface area contributed by atoms with Gasteiger partial charge in [-0.1, -0.05) is 19.3 Å². The van der Waals surface area contributed by atoms with E-state index in [0.717, 1.165) is 31.3 Å². The Kier molecular flexibility index (Phi) is 6.44. The summed E-state index contributed by atoms with van der Waals surface area (Å²) in [6, 6.07) is 0. The van der Waals surface area contributed by atoms with E-state index in [1.807, 2.05) is 0 Å². The van der Waals surface area contributed by atoms with Gasteiger partial charge in [-0.15, -0.1) is 0 Å². The Balaban J connectivity index is 2.02. The molecule has 0 aromatic heterocycles. The zero-order valence-electron chi connectivity index (χ0n) is 13.8. The van der Waals surface area contributed by atoms with E-state index >= 15 is 0 Å². The van der Waals surface area contributed by atoms with Gasteiger partial charge in [-0.3, -0.25) is 4.99 Å². The van der Waals surface area contributed by atoms with Gasteiger partial charge in [0.2, 0.25) is 0 Å². The molecule has 1 aliphatic heterocycles. The number of nitrogens with one attached hydrogen (secondary N) is 1. The lowest BCUT2D eigenvalue weighted by molar-refractivity contribution is 0.293. The summed E-state index contributed by atoms with van der Waals surface area (Å²) < 4.78 is 23.0. The van der Waals surface area contributed by atoms with E-state index < -0.39 is 9.84 Å². The first-order valence-corrected chi connectivity index (χ1v) is 11.3. The van der Waals surface area contributed by atoms with Crippen LogP contribution in [0.15, 0.2) is 4.99 Å². The van der Waals surface area contributed by atoms with Crippen molar-refractivity contribution in [2.75, 3.05) is 43.9 Å². The summed E-state index contributed by atoms with van der Waals surface area (Å²) in [5, 5.41) is 3.33. The number of aliphatic imine (C=N–C) groups is 1. The third kappa shape index (κ3) is 5.33. The smallest absolute Gasteiger partial charge is 0.194 e. The van der Waals surface area contributed by atoms with Crippen molar-refractivity contribution in [1.82, 2.24) is 10.2 Å². The normalized spacial score (nSPS) is 22.8. The van der Waals surface area contributed by atoms with Gasteiger partial charge < -0.3 is 10.2 Å². The van der Waals surface area contributed by atoms with Crippen LogP contribution in [-0.2, 0) is 9.84 Å². The lowest BCUT2D eigenvalue weighted by Gasteiger charge is -2.45. The molecule has 2 fully saturated rings. The molecular formula is C15H29N3O2S2. The summed E-state index contributed by atoms with van der Waals surface area (Å²) in [5.41, 5.74) is 0. The van der Waals surface area contributed by atoms with Crippen LogP contribution in [0.25, 0.3) is 0 Å². The molecule has 0 radical (unpaired) electrons. The van der Waals surface area contributed by atoms with Crippen LogP contribution >= 0.6 is 11.8 Å². The molecule has 22 heavy (non-hydrogen) atoms. The second kappa shape index (κ2) is 7.90. The van der Waals surface area contributed by atoms with Gasteiger partial charge in [-0.2, -0.15) is 11.8 Å². The average Bonchev–Trinajstić information content (AvgIpc) is 2.46. The molecule has 0 amide bonds. The van der Waals surface area contributed by atoms with E-state index in [9.17, 15) is 8.42 Å². The Morgan fingerprint density at radius 1 is 1.32 bits per heavy atom. The van der Waals surface area contributed by atoms with Crippen LogP contribution in [0.5, 0.6) is 0 Å². The third-order valence-electron chi connectivity index (χ3n) is 4.37. The van der Waals surface area contributed by atoms with Gasteiger partial charge in [0.1, 0.15) is 9.84 Å². The lowest BCUT2D eigenvalue weighted by atomic mass is 9.87. The third-order valence-corrected chi connectivity index (χ3v) is 6.83. The Morgan fingerprint density at radius 2 is 2.05 bits per heavy atom. The summed E-state index contributed by atoms with van der Waals surface area (Å²) >= 11 is 2.13. The molecule has 1 N–H and O–H groups in total. The molecule has 1 saturated heterocycles. The van der Waals surface area contributed by atoms with Crippen LogP contribution in [0.1, 0.15) is 39.0 Å². The first-order chi connectivity index (χ1) is 10.4.